The van der Waals surface area contributed by atoms with Crippen LogP contribution in [0.25, 0.3) is 0 Å². The smallest absolute Gasteiger partial charge is 0.213 e. The second-order valence-electron chi connectivity index (χ2n) is 2.36. The van der Waals surface area contributed by atoms with Crippen molar-refractivity contribution in [3.05, 3.63) is 23.4 Å². The zero-order valence-electron chi connectivity index (χ0n) is 7.61. The molecule has 0 saturated heterocycles. The van der Waals surface area contributed by atoms with Crippen LogP contribution in [-0.2, 0) is 6.54 Å². The van der Waals surface area contributed by atoms with Gasteiger partial charge in [-0.25, -0.2) is 4.98 Å². The van der Waals surface area contributed by atoms with E-state index in [1.54, 1.807) is 7.11 Å². The molecular formula is C8H14Cl2N2O. The van der Waals surface area contributed by atoms with Gasteiger partial charge in [-0.3, -0.25) is 0 Å². The van der Waals surface area contributed by atoms with Gasteiger partial charge in [0.2, 0.25) is 5.88 Å². The van der Waals surface area contributed by atoms with Crippen LogP contribution in [0, 0.1) is 6.92 Å². The number of hydrogen-bond acceptors (Lipinski definition) is 3. The first-order valence-corrected chi connectivity index (χ1v) is 3.48. The summed E-state index contributed by atoms with van der Waals surface area (Å²) in [6, 6.07) is 3.79. The molecule has 0 atom stereocenters. The lowest BCUT2D eigenvalue weighted by molar-refractivity contribution is 0.396. The van der Waals surface area contributed by atoms with Crippen molar-refractivity contribution in [2.45, 2.75) is 13.5 Å². The molecule has 5 heteroatoms. The third kappa shape index (κ3) is 4.31. The highest BCUT2D eigenvalue weighted by Crippen LogP contribution is 2.10. The average Bonchev–Trinajstić information content (AvgIpc) is 2.03. The number of halogens is 2. The van der Waals surface area contributed by atoms with E-state index in [0.717, 1.165) is 11.3 Å². The molecule has 0 aliphatic heterocycles. The van der Waals surface area contributed by atoms with Crippen molar-refractivity contribution in [2.24, 2.45) is 5.73 Å². The van der Waals surface area contributed by atoms with E-state index in [4.69, 9.17) is 10.5 Å². The molecule has 1 heterocycles. The van der Waals surface area contributed by atoms with E-state index in [-0.39, 0.29) is 24.8 Å². The zero-order chi connectivity index (χ0) is 8.27. The topological polar surface area (TPSA) is 48.1 Å². The Morgan fingerprint density at radius 3 is 2.46 bits per heavy atom. The van der Waals surface area contributed by atoms with Gasteiger partial charge in [-0.15, -0.1) is 24.8 Å². The third-order valence-electron chi connectivity index (χ3n) is 1.43. The Hall–Kier alpha value is -0.510. The number of aromatic nitrogens is 1. The molecule has 0 spiro atoms. The van der Waals surface area contributed by atoms with E-state index >= 15 is 0 Å². The highest BCUT2D eigenvalue weighted by Gasteiger charge is 1.96. The summed E-state index contributed by atoms with van der Waals surface area (Å²) in [6.45, 7) is 2.45. The van der Waals surface area contributed by atoms with E-state index in [2.05, 4.69) is 4.98 Å². The van der Waals surface area contributed by atoms with E-state index in [1.807, 2.05) is 19.1 Å². The molecule has 76 valence electrons. The summed E-state index contributed by atoms with van der Waals surface area (Å²) in [5.41, 5.74) is 7.44. The fourth-order valence-electron chi connectivity index (χ4n) is 0.929. The Balaban J connectivity index is 0. The van der Waals surface area contributed by atoms with Gasteiger partial charge in [0.1, 0.15) is 0 Å². The fourth-order valence-corrected chi connectivity index (χ4v) is 0.929. The average molecular weight is 225 g/mol. The third-order valence-corrected chi connectivity index (χ3v) is 1.43. The van der Waals surface area contributed by atoms with Gasteiger partial charge in [-0.05, 0) is 18.6 Å². The molecule has 0 unspecified atom stereocenters. The van der Waals surface area contributed by atoms with E-state index in [0.29, 0.717) is 12.4 Å². The van der Waals surface area contributed by atoms with Crippen LogP contribution < -0.4 is 10.5 Å². The van der Waals surface area contributed by atoms with Gasteiger partial charge in [-0.2, -0.15) is 0 Å². The molecular weight excluding hydrogens is 211 g/mol. The molecule has 1 aromatic heterocycles. The number of nitrogens with two attached hydrogens (primary N) is 1. The van der Waals surface area contributed by atoms with Crippen molar-refractivity contribution in [3.63, 3.8) is 0 Å². The van der Waals surface area contributed by atoms with Crippen LogP contribution in [0.1, 0.15) is 11.3 Å². The van der Waals surface area contributed by atoms with E-state index in [1.165, 1.54) is 0 Å². The predicted octanol–water partition coefficient (Wildman–Crippen LogP) is 1.70. The monoisotopic (exact) mass is 224 g/mol. The molecule has 0 aliphatic rings. The first-order valence-electron chi connectivity index (χ1n) is 3.48. The maximum absolute atomic E-state index is 5.46. The minimum absolute atomic E-state index is 0. The van der Waals surface area contributed by atoms with Crippen molar-refractivity contribution < 1.29 is 4.74 Å². The van der Waals surface area contributed by atoms with Crippen LogP contribution in [0.5, 0.6) is 5.88 Å². The van der Waals surface area contributed by atoms with Gasteiger partial charge < -0.3 is 10.5 Å². The molecule has 3 nitrogen and oxygen atoms in total. The highest BCUT2D eigenvalue weighted by atomic mass is 35.5. The standard InChI is InChI=1S/C8H12N2O.2ClH/c1-6-3-7(5-9)4-8(10-6)11-2;;/h3-4H,5,9H2,1-2H3;2*1H. The maximum atomic E-state index is 5.46. The quantitative estimate of drug-likeness (QED) is 0.833. The largest absolute Gasteiger partial charge is 0.481 e. The lowest BCUT2D eigenvalue weighted by Gasteiger charge is -2.02. The molecule has 0 saturated carbocycles. The Morgan fingerprint density at radius 2 is 2.00 bits per heavy atom. The summed E-state index contributed by atoms with van der Waals surface area (Å²) < 4.78 is 4.97. The number of aryl methyl sites for hydroxylation is 1. The van der Waals surface area contributed by atoms with Crippen LogP contribution in [0.2, 0.25) is 0 Å². The van der Waals surface area contributed by atoms with Gasteiger partial charge >= 0.3 is 0 Å². The first-order chi connectivity index (χ1) is 5.26. The Morgan fingerprint density at radius 1 is 1.38 bits per heavy atom. The summed E-state index contributed by atoms with van der Waals surface area (Å²) in [4.78, 5) is 4.12. The molecule has 1 rings (SSSR count). The number of methoxy groups -OCH3 is 1. The Kier molecular flexibility index (Phi) is 8.01. The second-order valence-corrected chi connectivity index (χ2v) is 2.36. The van der Waals surface area contributed by atoms with Crippen LogP contribution in [0.3, 0.4) is 0 Å². The molecule has 0 amide bonds. The molecule has 13 heavy (non-hydrogen) atoms. The van der Waals surface area contributed by atoms with Crippen LogP contribution in [0.4, 0.5) is 0 Å². The summed E-state index contributed by atoms with van der Waals surface area (Å²) in [6.07, 6.45) is 0. The highest BCUT2D eigenvalue weighted by molar-refractivity contribution is 5.85. The van der Waals surface area contributed by atoms with Crippen molar-refractivity contribution >= 4 is 24.8 Å². The van der Waals surface area contributed by atoms with Crippen molar-refractivity contribution in [3.8, 4) is 5.88 Å². The normalized spacial score (nSPS) is 8.23. The zero-order valence-corrected chi connectivity index (χ0v) is 9.24. The van der Waals surface area contributed by atoms with E-state index < -0.39 is 0 Å². The summed E-state index contributed by atoms with van der Waals surface area (Å²) in [5, 5.41) is 0. The van der Waals surface area contributed by atoms with Crippen molar-refractivity contribution in [1.82, 2.24) is 4.98 Å². The number of nitrogens with zero attached hydrogens (tertiary/aromatic N) is 1. The Bertz CT molecular complexity index is 234. The van der Waals surface area contributed by atoms with Crippen LogP contribution >= 0.6 is 24.8 Å². The molecule has 1 aromatic rings. The number of ether oxygens (including phenoxy) is 1. The fraction of sp³-hybridized carbons (Fsp3) is 0.375. The molecule has 0 radical (unpaired) electrons. The minimum atomic E-state index is 0. The number of rotatable bonds is 2. The molecule has 0 aromatic carbocycles. The lowest BCUT2D eigenvalue weighted by atomic mass is 10.2. The van der Waals surface area contributed by atoms with Gasteiger partial charge in [0.05, 0.1) is 7.11 Å². The maximum Gasteiger partial charge on any atom is 0.213 e. The minimum Gasteiger partial charge on any atom is -0.481 e. The van der Waals surface area contributed by atoms with Gasteiger partial charge in [0, 0.05) is 18.3 Å². The number of hydrogen-bond donors (Lipinski definition) is 1. The molecule has 0 bridgehead atoms. The lowest BCUT2D eigenvalue weighted by Crippen LogP contribution is -1.99. The summed E-state index contributed by atoms with van der Waals surface area (Å²) in [5.74, 6) is 0.630. The van der Waals surface area contributed by atoms with Crippen LogP contribution in [-0.4, -0.2) is 12.1 Å². The SMILES string of the molecule is COc1cc(CN)cc(C)n1.Cl.Cl. The predicted molar refractivity (Wildman–Crippen MR) is 57.9 cm³/mol. The van der Waals surface area contributed by atoms with Gasteiger partial charge in [0.25, 0.3) is 0 Å². The molecule has 0 fully saturated rings. The molecule has 2 N–H and O–H groups in total. The van der Waals surface area contributed by atoms with E-state index in [9.17, 15) is 0 Å². The van der Waals surface area contributed by atoms with Crippen molar-refractivity contribution in [2.75, 3.05) is 7.11 Å². The van der Waals surface area contributed by atoms with Crippen LogP contribution in [0.15, 0.2) is 12.1 Å². The number of pyridine rings is 1. The Labute approximate surface area is 90.5 Å². The summed E-state index contributed by atoms with van der Waals surface area (Å²) in [7, 11) is 1.60. The molecule has 0 aliphatic carbocycles. The van der Waals surface area contributed by atoms with Crippen molar-refractivity contribution in [1.29, 1.82) is 0 Å². The summed E-state index contributed by atoms with van der Waals surface area (Å²) >= 11 is 0. The second kappa shape index (κ2) is 6.95. The van der Waals surface area contributed by atoms with Gasteiger partial charge in [0.15, 0.2) is 0 Å². The van der Waals surface area contributed by atoms with Gasteiger partial charge in [-0.1, -0.05) is 0 Å². The first kappa shape index (κ1) is 15.0.